The summed E-state index contributed by atoms with van der Waals surface area (Å²) in [6, 6.07) is 20.5. The molecule has 0 bridgehead atoms. The van der Waals surface area contributed by atoms with Crippen LogP contribution in [0.2, 0.25) is 0 Å². The normalized spacial score (nSPS) is 11.5. The van der Waals surface area contributed by atoms with Gasteiger partial charge in [-0.2, -0.15) is 0 Å². The molecule has 4 rings (SSSR count). The summed E-state index contributed by atoms with van der Waals surface area (Å²) in [6.07, 6.45) is 7.09. The molecule has 0 aliphatic rings. The summed E-state index contributed by atoms with van der Waals surface area (Å²) in [7, 11) is 0. The van der Waals surface area contributed by atoms with E-state index in [4.69, 9.17) is 9.47 Å². The van der Waals surface area contributed by atoms with E-state index in [0.29, 0.717) is 59.8 Å². The molecule has 4 aromatic rings. The van der Waals surface area contributed by atoms with Crippen molar-refractivity contribution in [1.82, 2.24) is 0 Å². The van der Waals surface area contributed by atoms with E-state index in [1.54, 1.807) is 24.3 Å². The van der Waals surface area contributed by atoms with Crippen LogP contribution in [0.15, 0.2) is 84.9 Å². The van der Waals surface area contributed by atoms with Crippen molar-refractivity contribution in [3.63, 3.8) is 0 Å². The molecule has 0 aliphatic carbocycles. The molecule has 0 unspecified atom stereocenters. The number of hydrogen-bond acceptors (Lipinski definition) is 2. The van der Waals surface area contributed by atoms with Gasteiger partial charge in [-0.1, -0.05) is 62.8 Å². The number of alkyl halides is 2. The van der Waals surface area contributed by atoms with Crippen molar-refractivity contribution in [2.45, 2.75) is 83.0 Å². The van der Waals surface area contributed by atoms with E-state index in [0.717, 1.165) is 51.4 Å². The molecule has 0 atom stereocenters. The highest BCUT2D eigenvalue weighted by atomic mass is 19.3. The van der Waals surface area contributed by atoms with Gasteiger partial charge < -0.3 is 9.47 Å². The van der Waals surface area contributed by atoms with Crippen LogP contribution in [0.5, 0.6) is 11.5 Å². The monoisotopic (exact) mass is 656 g/mol. The molecule has 0 saturated carbocycles. The lowest BCUT2D eigenvalue weighted by Gasteiger charge is -2.16. The molecule has 2 nitrogen and oxygen atoms in total. The van der Waals surface area contributed by atoms with Crippen LogP contribution >= 0.6 is 0 Å². The van der Waals surface area contributed by atoms with Gasteiger partial charge in [0.15, 0.2) is 0 Å². The Kier molecular flexibility index (Phi) is 14.1. The fourth-order valence-electron chi connectivity index (χ4n) is 5.44. The molecular weight excluding hydrogens is 614 g/mol. The molecule has 0 N–H and O–H groups in total. The molecule has 0 aliphatic heterocycles. The van der Waals surface area contributed by atoms with Crippen LogP contribution in [0.25, 0.3) is 22.3 Å². The summed E-state index contributed by atoms with van der Waals surface area (Å²) in [5.74, 6) is -3.45. The summed E-state index contributed by atoms with van der Waals surface area (Å²) in [4.78, 5) is 0. The number of rotatable bonds is 20. The molecule has 0 radical (unpaired) electrons. The van der Waals surface area contributed by atoms with Gasteiger partial charge in [-0.3, -0.25) is 0 Å². The van der Waals surface area contributed by atoms with Crippen molar-refractivity contribution in [3.8, 4) is 33.8 Å². The van der Waals surface area contributed by atoms with Crippen molar-refractivity contribution in [2.75, 3.05) is 13.2 Å². The highest BCUT2D eigenvalue weighted by Crippen LogP contribution is 2.30. The third-order valence-corrected chi connectivity index (χ3v) is 8.10. The lowest BCUT2D eigenvalue weighted by Crippen LogP contribution is -2.15. The Morgan fingerprint density at radius 1 is 0.426 bits per heavy atom. The van der Waals surface area contributed by atoms with E-state index < -0.39 is 17.6 Å². The van der Waals surface area contributed by atoms with Crippen LogP contribution in [-0.2, 0) is 0 Å². The summed E-state index contributed by atoms with van der Waals surface area (Å²) in [5.41, 5.74) is 1.92. The fourth-order valence-corrected chi connectivity index (χ4v) is 5.44. The average Bonchev–Trinajstić information content (AvgIpc) is 3.05. The molecule has 8 heteroatoms. The van der Waals surface area contributed by atoms with Crippen molar-refractivity contribution < 1.29 is 35.8 Å². The van der Waals surface area contributed by atoms with Crippen LogP contribution in [0.4, 0.5) is 26.3 Å². The highest BCUT2D eigenvalue weighted by Gasteiger charge is 2.27. The van der Waals surface area contributed by atoms with Gasteiger partial charge in [0.1, 0.15) is 34.8 Å². The number of benzene rings is 4. The minimum absolute atomic E-state index is 0.104. The third-order valence-electron chi connectivity index (χ3n) is 8.10. The summed E-state index contributed by atoms with van der Waals surface area (Å²) in [5, 5.41) is 0. The fraction of sp³-hybridized carbons (Fsp3) is 0.385. The van der Waals surface area contributed by atoms with E-state index in [2.05, 4.69) is 0 Å². The van der Waals surface area contributed by atoms with E-state index in [9.17, 15) is 26.3 Å². The van der Waals surface area contributed by atoms with E-state index in [-0.39, 0.29) is 24.5 Å². The van der Waals surface area contributed by atoms with Crippen LogP contribution < -0.4 is 9.47 Å². The molecule has 0 fully saturated rings. The van der Waals surface area contributed by atoms with Crippen molar-refractivity contribution in [3.05, 3.63) is 108 Å². The predicted molar refractivity (Wildman–Crippen MR) is 175 cm³/mol. The first-order valence-corrected chi connectivity index (χ1v) is 16.4. The van der Waals surface area contributed by atoms with Crippen LogP contribution in [0.1, 0.15) is 77.0 Å². The number of hydrogen-bond donors (Lipinski definition) is 0. The zero-order valence-electron chi connectivity index (χ0n) is 26.6. The minimum Gasteiger partial charge on any atom is -0.493 e. The Bertz CT molecular complexity index is 1390. The van der Waals surface area contributed by atoms with Crippen LogP contribution in [0.3, 0.4) is 0 Å². The smallest absolute Gasteiger partial charge is 0.248 e. The summed E-state index contributed by atoms with van der Waals surface area (Å²) < 4.78 is 95.0. The quantitative estimate of drug-likeness (QED) is 0.0696. The molecule has 4 aromatic carbocycles. The summed E-state index contributed by atoms with van der Waals surface area (Å²) in [6.45, 7) is 0.838. The Balaban J connectivity index is 0.979. The zero-order valence-corrected chi connectivity index (χ0v) is 26.6. The maximum atomic E-state index is 14.5. The highest BCUT2D eigenvalue weighted by molar-refractivity contribution is 5.65. The minimum atomic E-state index is -2.65. The first kappa shape index (κ1) is 35.9. The largest absolute Gasteiger partial charge is 0.493 e. The second-order valence-electron chi connectivity index (χ2n) is 11.9. The molecule has 0 heterocycles. The second-order valence-corrected chi connectivity index (χ2v) is 11.9. The number of unbranched alkanes of at least 4 members (excludes halogenated alkanes) is 8. The predicted octanol–water partition coefficient (Wildman–Crippen LogP) is 12.4. The Morgan fingerprint density at radius 2 is 0.787 bits per heavy atom. The van der Waals surface area contributed by atoms with Gasteiger partial charge >= 0.3 is 0 Å². The first-order chi connectivity index (χ1) is 22.7. The van der Waals surface area contributed by atoms with Gasteiger partial charge in [-0.25, -0.2) is 26.3 Å². The van der Waals surface area contributed by atoms with E-state index >= 15 is 0 Å². The Labute approximate surface area is 273 Å². The van der Waals surface area contributed by atoms with Gasteiger partial charge in [0.05, 0.1) is 13.2 Å². The molecule has 0 spiro atoms. The number of halogens is 6. The lowest BCUT2D eigenvalue weighted by molar-refractivity contribution is -0.0207. The van der Waals surface area contributed by atoms with E-state index in [1.165, 1.54) is 60.7 Å². The van der Waals surface area contributed by atoms with Gasteiger partial charge in [0.25, 0.3) is 0 Å². The maximum absolute atomic E-state index is 14.5. The molecule has 47 heavy (non-hydrogen) atoms. The summed E-state index contributed by atoms with van der Waals surface area (Å²) >= 11 is 0. The Hall–Kier alpha value is -3.94. The van der Waals surface area contributed by atoms with E-state index in [1.807, 2.05) is 0 Å². The molecule has 252 valence electrons. The van der Waals surface area contributed by atoms with Crippen molar-refractivity contribution in [1.29, 1.82) is 0 Å². The van der Waals surface area contributed by atoms with Crippen molar-refractivity contribution in [2.24, 2.45) is 0 Å². The van der Waals surface area contributed by atoms with Crippen LogP contribution in [-0.4, -0.2) is 19.1 Å². The molecule has 0 saturated heterocycles. The van der Waals surface area contributed by atoms with Gasteiger partial charge in [0.2, 0.25) is 5.92 Å². The van der Waals surface area contributed by atoms with Crippen LogP contribution in [0, 0.1) is 23.3 Å². The molecule has 0 aromatic heterocycles. The number of ether oxygens (including phenoxy) is 2. The van der Waals surface area contributed by atoms with Gasteiger partial charge in [-0.15, -0.1) is 0 Å². The average molecular weight is 657 g/mol. The maximum Gasteiger partial charge on any atom is 0.248 e. The third kappa shape index (κ3) is 12.3. The topological polar surface area (TPSA) is 18.5 Å². The SMILES string of the molecule is Fc1ccc(-c2ccc(OCCCCCCCC(F)(F)CCCCCCCOc3ccc(-c4ccc(F)cc4)c(F)c3)cc2F)cc1. The first-order valence-electron chi connectivity index (χ1n) is 16.4. The molecular formula is C39H42F6O2. The van der Waals surface area contributed by atoms with Gasteiger partial charge in [0, 0.05) is 36.1 Å². The van der Waals surface area contributed by atoms with Crippen molar-refractivity contribution >= 4 is 0 Å². The standard InChI is InChI=1S/C39H42F6O2/c40-31-15-11-29(12-16-31)35-21-19-33(27-37(35)42)46-25-9-5-1-3-7-23-39(44,45)24-8-4-2-6-10-26-47-34-20-22-36(38(43)28-34)30-13-17-32(41)18-14-30/h11-22,27-28H,1-10,23-26H2. The molecule has 0 amide bonds. The lowest BCUT2D eigenvalue weighted by atomic mass is 10.0. The second kappa shape index (κ2) is 18.4. The zero-order chi connectivity index (χ0) is 33.5. The van der Waals surface area contributed by atoms with Gasteiger partial charge in [-0.05, 0) is 85.3 Å². The Morgan fingerprint density at radius 3 is 1.17 bits per heavy atom.